The summed E-state index contributed by atoms with van der Waals surface area (Å²) in [6.07, 6.45) is -2.76. The zero-order chi connectivity index (χ0) is 25.1. The Hall–Kier alpha value is -2.59. The van der Waals surface area contributed by atoms with E-state index in [2.05, 4.69) is 5.10 Å². The second-order valence-electron chi connectivity index (χ2n) is 9.66. The fourth-order valence-corrected chi connectivity index (χ4v) is 5.75. The number of fused-ring (bicyclic) bond motifs is 1. The first kappa shape index (κ1) is 24.1. The Morgan fingerprint density at radius 3 is 2.51 bits per heavy atom. The number of carbonyl (C=O) groups is 2. The van der Waals surface area contributed by atoms with Crippen LogP contribution in [0.2, 0.25) is 5.02 Å². The van der Waals surface area contributed by atoms with Crippen molar-refractivity contribution in [1.29, 1.82) is 0 Å². The van der Waals surface area contributed by atoms with E-state index in [0.717, 1.165) is 18.4 Å². The predicted octanol–water partition coefficient (Wildman–Crippen LogP) is 3.97. The summed E-state index contributed by atoms with van der Waals surface area (Å²) >= 11 is 6.33. The third kappa shape index (κ3) is 3.91. The number of benzene rings is 1. The van der Waals surface area contributed by atoms with E-state index in [1.54, 1.807) is 4.90 Å². The molecule has 0 bridgehead atoms. The van der Waals surface area contributed by atoms with E-state index in [1.165, 1.54) is 22.9 Å². The van der Waals surface area contributed by atoms with Crippen molar-refractivity contribution in [2.45, 2.75) is 62.6 Å². The fraction of sp³-hybridized carbons (Fsp3) is 0.542. The van der Waals surface area contributed by atoms with Gasteiger partial charge in [-0.3, -0.25) is 9.59 Å². The highest BCUT2D eigenvalue weighted by molar-refractivity contribution is 6.34. The number of aromatic nitrogens is 2. The Kier molecular flexibility index (Phi) is 5.87. The molecule has 2 N–H and O–H groups in total. The minimum atomic E-state index is -4.51. The molecule has 5 rings (SSSR count). The second kappa shape index (κ2) is 8.51. The van der Waals surface area contributed by atoms with Gasteiger partial charge in [-0.1, -0.05) is 23.7 Å². The molecule has 1 saturated carbocycles. The lowest BCUT2D eigenvalue weighted by molar-refractivity contribution is -0.160. The molecule has 3 aliphatic rings. The SMILES string of the molecule is O=C(O)[C@@H]1CCN(c2nn(C(=O)c3c(Cl)cccc3C3(C(F)(F)F)CC3)c3c2CCCC3)C[C@H]1O. The van der Waals surface area contributed by atoms with E-state index < -0.39 is 35.5 Å². The molecule has 2 aromatic rings. The summed E-state index contributed by atoms with van der Waals surface area (Å²) in [7, 11) is 0. The van der Waals surface area contributed by atoms with E-state index in [4.69, 9.17) is 11.6 Å². The first-order valence-corrected chi connectivity index (χ1v) is 12.1. The molecule has 2 aliphatic carbocycles. The van der Waals surface area contributed by atoms with Crippen LogP contribution in [0.1, 0.15) is 59.3 Å². The summed E-state index contributed by atoms with van der Waals surface area (Å²) in [4.78, 5) is 26.9. The number of aliphatic hydroxyl groups excluding tert-OH is 1. The molecule has 2 atom stereocenters. The number of nitrogens with zero attached hydrogens (tertiary/aromatic N) is 3. The number of aliphatic carboxylic acids is 1. The standard InChI is InChI=1S/C24H25ClF3N3O4/c25-16-6-3-5-15(23(9-10-23)24(26,27)28)19(16)21(33)31-17-7-2-1-4-13(17)20(29-31)30-11-8-14(22(34)35)18(32)12-30/h3,5-6,14,18,32H,1-2,4,7-12H2,(H,34,35)/t14-,18-/m1/s1. The number of carboxylic acids is 1. The molecule has 1 saturated heterocycles. The normalized spacial score (nSPS) is 23.6. The second-order valence-corrected chi connectivity index (χ2v) is 10.1. The molecule has 35 heavy (non-hydrogen) atoms. The van der Waals surface area contributed by atoms with Gasteiger partial charge in [0.25, 0.3) is 5.91 Å². The number of hydrogen-bond acceptors (Lipinski definition) is 5. The van der Waals surface area contributed by atoms with Crippen LogP contribution < -0.4 is 4.90 Å². The van der Waals surface area contributed by atoms with E-state index in [9.17, 15) is 33.0 Å². The molecular weight excluding hydrogens is 487 g/mol. The van der Waals surface area contributed by atoms with Crippen molar-refractivity contribution in [3.8, 4) is 0 Å². The number of carboxylic acid groups (broad SMARTS) is 1. The van der Waals surface area contributed by atoms with Gasteiger partial charge in [-0.25, -0.2) is 0 Å². The van der Waals surface area contributed by atoms with Gasteiger partial charge < -0.3 is 15.1 Å². The lowest BCUT2D eigenvalue weighted by atomic mass is 9.90. The molecule has 0 spiro atoms. The van der Waals surface area contributed by atoms with Crippen LogP contribution >= 0.6 is 11.6 Å². The van der Waals surface area contributed by atoms with Crippen molar-refractivity contribution in [2.24, 2.45) is 5.92 Å². The zero-order valence-electron chi connectivity index (χ0n) is 18.8. The molecule has 188 valence electrons. The van der Waals surface area contributed by atoms with Gasteiger partial charge >= 0.3 is 12.1 Å². The number of halogens is 4. The number of hydrogen-bond donors (Lipinski definition) is 2. The Labute approximate surface area is 204 Å². The minimum Gasteiger partial charge on any atom is -0.481 e. The number of β-amino-alcohol motifs (C(OH)–C–C–N with tert-alkyl or cyclic N) is 1. The summed E-state index contributed by atoms with van der Waals surface area (Å²) in [5.41, 5.74) is -0.940. The van der Waals surface area contributed by atoms with Crippen LogP contribution in [0.3, 0.4) is 0 Å². The van der Waals surface area contributed by atoms with Gasteiger partial charge in [0, 0.05) is 18.7 Å². The number of rotatable bonds is 4. The summed E-state index contributed by atoms with van der Waals surface area (Å²) in [5, 5.41) is 24.2. The molecule has 2 fully saturated rings. The summed E-state index contributed by atoms with van der Waals surface area (Å²) in [6.45, 7) is 0.378. The first-order valence-electron chi connectivity index (χ1n) is 11.7. The van der Waals surface area contributed by atoms with Gasteiger partial charge in [0.05, 0.1) is 33.7 Å². The number of carbonyl (C=O) groups excluding carboxylic acids is 1. The van der Waals surface area contributed by atoms with Gasteiger partial charge in [-0.15, -0.1) is 5.10 Å². The van der Waals surface area contributed by atoms with Crippen molar-refractivity contribution in [3.63, 3.8) is 0 Å². The van der Waals surface area contributed by atoms with Crippen LogP contribution in [0.4, 0.5) is 19.0 Å². The maximum Gasteiger partial charge on any atom is 0.398 e. The average molecular weight is 512 g/mol. The average Bonchev–Trinajstić information content (AvgIpc) is 3.54. The maximum atomic E-state index is 14.0. The Balaban J connectivity index is 1.56. The zero-order valence-corrected chi connectivity index (χ0v) is 19.6. The van der Waals surface area contributed by atoms with Crippen molar-refractivity contribution in [3.05, 3.63) is 45.6 Å². The third-order valence-electron chi connectivity index (χ3n) is 7.59. The number of alkyl halides is 3. The van der Waals surface area contributed by atoms with Crippen molar-refractivity contribution in [2.75, 3.05) is 18.0 Å². The number of anilines is 1. The van der Waals surface area contributed by atoms with Crippen LogP contribution in [0.25, 0.3) is 0 Å². The van der Waals surface area contributed by atoms with Crippen LogP contribution in [0, 0.1) is 5.92 Å². The Morgan fingerprint density at radius 2 is 1.89 bits per heavy atom. The molecule has 0 radical (unpaired) electrons. The summed E-state index contributed by atoms with van der Waals surface area (Å²) < 4.78 is 43.0. The van der Waals surface area contributed by atoms with Crippen molar-refractivity contribution in [1.82, 2.24) is 9.78 Å². The number of aliphatic hydroxyl groups is 1. The molecule has 7 nitrogen and oxygen atoms in total. The topological polar surface area (TPSA) is 95.7 Å². The molecular formula is C24H25ClF3N3O4. The fourth-order valence-electron chi connectivity index (χ4n) is 5.49. The highest BCUT2D eigenvalue weighted by Gasteiger charge is 2.65. The molecule has 11 heteroatoms. The predicted molar refractivity (Wildman–Crippen MR) is 121 cm³/mol. The first-order chi connectivity index (χ1) is 16.5. The van der Waals surface area contributed by atoms with Gasteiger partial charge in [0.15, 0.2) is 5.82 Å². The van der Waals surface area contributed by atoms with Gasteiger partial charge in [-0.05, 0) is 56.6 Å². The monoisotopic (exact) mass is 511 g/mol. The molecule has 1 aromatic carbocycles. The minimum absolute atomic E-state index is 0.0448. The van der Waals surface area contributed by atoms with Gasteiger partial charge in [0.2, 0.25) is 0 Å². The largest absolute Gasteiger partial charge is 0.481 e. The van der Waals surface area contributed by atoms with Crippen molar-refractivity contribution >= 4 is 29.3 Å². The smallest absolute Gasteiger partial charge is 0.398 e. The van der Waals surface area contributed by atoms with Crippen molar-refractivity contribution < 1.29 is 33.0 Å². The maximum absolute atomic E-state index is 14.0. The van der Waals surface area contributed by atoms with Crippen LogP contribution in [0.15, 0.2) is 18.2 Å². The van der Waals surface area contributed by atoms with Crippen LogP contribution in [0.5, 0.6) is 0 Å². The quantitative estimate of drug-likeness (QED) is 0.645. The van der Waals surface area contributed by atoms with E-state index in [-0.39, 0.29) is 42.0 Å². The Morgan fingerprint density at radius 1 is 1.17 bits per heavy atom. The van der Waals surface area contributed by atoms with Gasteiger partial charge in [-0.2, -0.15) is 17.9 Å². The van der Waals surface area contributed by atoms with Gasteiger partial charge in [0.1, 0.15) is 0 Å². The lowest BCUT2D eigenvalue weighted by Crippen LogP contribution is -2.47. The molecule has 0 unspecified atom stereocenters. The molecule has 2 heterocycles. The highest BCUT2D eigenvalue weighted by Crippen LogP contribution is 2.60. The lowest BCUT2D eigenvalue weighted by Gasteiger charge is -2.34. The van der Waals surface area contributed by atoms with Crippen LogP contribution in [-0.4, -0.2) is 57.2 Å². The Bertz CT molecular complexity index is 1190. The van der Waals surface area contributed by atoms with E-state index in [1.807, 2.05) is 0 Å². The summed E-state index contributed by atoms with van der Waals surface area (Å²) in [5.74, 6) is -2.17. The van der Waals surface area contributed by atoms with E-state index >= 15 is 0 Å². The molecule has 0 amide bonds. The highest BCUT2D eigenvalue weighted by atomic mass is 35.5. The number of piperidine rings is 1. The summed E-state index contributed by atoms with van der Waals surface area (Å²) in [6, 6.07) is 4.16. The molecule has 1 aromatic heterocycles. The molecule has 1 aliphatic heterocycles. The van der Waals surface area contributed by atoms with E-state index in [0.29, 0.717) is 30.9 Å². The van der Waals surface area contributed by atoms with Crippen LogP contribution in [-0.2, 0) is 23.1 Å². The third-order valence-corrected chi connectivity index (χ3v) is 7.90.